The molecule has 1 fully saturated rings. The molecule has 1 atom stereocenters. The molecule has 1 heterocycles. The summed E-state index contributed by atoms with van der Waals surface area (Å²) in [6.07, 6.45) is 1.33. The molecule has 3 N–H and O–H groups in total. The summed E-state index contributed by atoms with van der Waals surface area (Å²) in [6, 6.07) is 0. The van der Waals surface area contributed by atoms with Crippen LogP contribution in [0.4, 0.5) is 0 Å². The first-order valence-corrected chi connectivity index (χ1v) is 5.17. The van der Waals surface area contributed by atoms with Crippen LogP contribution in [0.3, 0.4) is 0 Å². The summed E-state index contributed by atoms with van der Waals surface area (Å²) in [5, 5.41) is 9.71. The van der Waals surface area contributed by atoms with Gasteiger partial charge in [-0.1, -0.05) is 6.92 Å². The van der Waals surface area contributed by atoms with E-state index in [9.17, 15) is 9.90 Å². The first-order valence-electron chi connectivity index (χ1n) is 5.17. The Hall–Kier alpha value is -0.610. The first kappa shape index (κ1) is 11.5. The molecule has 0 aromatic rings. The van der Waals surface area contributed by atoms with E-state index in [0.29, 0.717) is 32.5 Å². The van der Waals surface area contributed by atoms with Crippen molar-refractivity contribution >= 4 is 5.91 Å². The smallest absolute Gasteiger partial charge is 0.226 e. The summed E-state index contributed by atoms with van der Waals surface area (Å²) >= 11 is 0. The monoisotopic (exact) mass is 200 g/mol. The zero-order valence-electron chi connectivity index (χ0n) is 8.99. The number of nitrogens with zero attached hydrogens (tertiary/aromatic N) is 1. The van der Waals surface area contributed by atoms with Crippen molar-refractivity contribution < 1.29 is 9.90 Å². The number of likely N-dealkylation sites (tertiary alicyclic amines) is 1. The third-order valence-corrected chi connectivity index (χ3v) is 2.93. The zero-order chi connectivity index (χ0) is 10.8. The van der Waals surface area contributed by atoms with Crippen LogP contribution in [0.25, 0.3) is 0 Å². The van der Waals surface area contributed by atoms with Gasteiger partial charge in [-0.15, -0.1) is 0 Å². The summed E-state index contributed by atoms with van der Waals surface area (Å²) in [5.41, 5.74) is 4.84. The van der Waals surface area contributed by atoms with Crippen molar-refractivity contribution in [3.8, 4) is 0 Å². The molecule has 0 aliphatic carbocycles. The van der Waals surface area contributed by atoms with Crippen LogP contribution in [-0.2, 0) is 4.79 Å². The molecular formula is C10H20N2O2. The van der Waals surface area contributed by atoms with Gasteiger partial charge in [-0.2, -0.15) is 0 Å². The van der Waals surface area contributed by atoms with Gasteiger partial charge in [-0.3, -0.25) is 4.79 Å². The van der Waals surface area contributed by atoms with Crippen LogP contribution in [0, 0.1) is 5.92 Å². The lowest BCUT2D eigenvalue weighted by molar-refractivity contribution is -0.138. The van der Waals surface area contributed by atoms with Crippen LogP contribution in [-0.4, -0.2) is 41.1 Å². The fourth-order valence-corrected chi connectivity index (χ4v) is 1.62. The molecule has 82 valence electrons. The Morgan fingerprint density at radius 1 is 1.57 bits per heavy atom. The number of amides is 1. The van der Waals surface area contributed by atoms with Gasteiger partial charge in [0, 0.05) is 25.6 Å². The van der Waals surface area contributed by atoms with Crippen LogP contribution in [0.15, 0.2) is 0 Å². The largest absolute Gasteiger partial charge is 0.390 e. The predicted octanol–water partition coefficient (Wildman–Crippen LogP) is -0.0454. The maximum atomic E-state index is 11.7. The molecular weight excluding hydrogens is 180 g/mol. The summed E-state index contributed by atoms with van der Waals surface area (Å²) in [6.45, 7) is 5.36. The van der Waals surface area contributed by atoms with Gasteiger partial charge in [0.25, 0.3) is 0 Å². The number of hydrogen-bond donors (Lipinski definition) is 2. The number of rotatable bonds is 2. The fourth-order valence-electron chi connectivity index (χ4n) is 1.62. The quantitative estimate of drug-likeness (QED) is 0.657. The highest BCUT2D eigenvalue weighted by Crippen LogP contribution is 2.21. The van der Waals surface area contributed by atoms with Crippen LogP contribution >= 0.6 is 0 Å². The van der Waals surface area contributed by atoms with Gasteiger partial charge in [-0.05, 0) is 19.8 Å². The molecule has 0 radical (unpaired) electrons. The van der Waals surface area contributed by atoms with Crippen molar-refractivity contribution in [3.05, 3.63) is 0 Å². The average molecular weight is 200 g/mol. The summed E-state index contributed by atoms with van der Waals surface area (Å²) in [4.78, 5) is 13.5. The van der Waals surface area contributed by atoms with Crippen molar-refractivity contribution in [3.63, 3.8) is 0 Å². The van der Waals surface area contributed by atoms with E-state index in [-0.39, 0.29) is 11.8 Å². The fraction of sp³-hybridized carbons (Fsp3) is 0.900. The van der Waals surface area contributed by atoms with Gasteiger partial charge in [0.1, 0.15) is 0 Å². The predicted molar refractivity (Wildman–Crippen MR) is 54.7 cm³/mol. The van der Waals surface area contributed by atoms with Gasteiger partial charge in [0.2, 0.25) is 5.91 Å². The molecule has 0 spiro atoms. The van der Waals surface area contributed by atoms with Crippen LogP contribution in [0.1, 0.15) is 26.7 Å². The van der Waals surface area contributed by atoms with E-state index in [4.69, 9.17) is 5.73 Å². The number of carbonyl (C=O) groups is 1. The minimum absolute atomic E-state index is 0.0990. The molecule has 0 aromatic heterocycles. The Balaban J connectivity index is 2.46. The second-order valence-electron chi connectivity index (χ2n) is 4.46. The molecule has 1 aliphatic heterocycles. The Morgan fingerprint density at radius 2 is 2.07 bits per heavy atom. The van der Waals surface area contributed by atoms with E-state index in [1.807, 2.05) is 13.8 Å². The zero-order valence-corrected chi connectivity index (χ0v) is 8.99. The average Bonchev–Trinajstić information content (AvgIpc) is 2.15. The molecule has 1 amide bonds. The third kappa shape index (κ3) is 2.69. The van der Waals surface area contributed by atoms with Crippen molar-refractivity contribution in [1.82, 2.24) is 4.90 Å². The minimum Gasteiger partial charge on any atom is -0.390 e. The standard InChI is InChI=1S/C10H20N2O2/c1-8(7-11)9(13)12-5-3-10(2,14)4-6-12/h8,14H,3-7,11H2,1-2H3. The van der Waals surface area contributed by atoms with Gasteiger partial charge >= 0.3 is 0 Å². The Morgan fingerprint density at radius 3 is 2.50 bits per heavy atom. The second kappa shape index (κ2) is 4.28. The van der Waals surface area contributed by atoms with Crippen molar-refractivity contribution in [2.24, 2.45) is 11.7 Å². The van der Waals surface area contributed by atoms with Crippen LogP contribution in [0.2, 0.25) is 0 Å². The Bertz CT molecular complexity index is 206. The molecule has 14 heavy (non-hydrogen) atoms. The molecule has 1 saturated heterocycles. The molecule has 0 saturated carbocycles. The topological polar surface area (TPSA) is 66.6 Å². The highest BCUT2D eigenvalue weighted by atomic mass is 16.3. The normalized spacial score (nSPS) is 23.3. The molecule has 1 rings (SSSR count). The SMILES string of the molecule is CC(CN)C(=O)N1CCC(C)(O)CC1. The lowest BCUT2D eigenvalue weighted by Crippen LogP contribution is -2.47. The molecule has 4 nitrogen and oxygen atoms in total. The van der Waals surface area contributed by atoms with E-state index in [2.05, 4.69) is 0 Å². The number of aliphatic hydroxyl groups is 1. The highest BCUT2D eigenvalue weighted by Gasteiger charge is 2.30. The van der Waals surface area contributed by atoms with E-state index in [1.165, 1.54) is 0 Å². The molecule has 1 aliphatic rings. The van der Waals surface area contributed by atoms with E-state index >= 15 is 0 Å². The Labute approximate surface area is 85.1 Å². The lowest BCUT2D eigenvalue weighted by atomic mass is 9.93. The van der Waals surface area contributed by atoms with Gasteiger partial charge in [0.15, 0.2) is 0 Å². The lowest BCUT2D eigenvalue weighted by Gasteiger charge is -2.36. The second-order valence-corrected chi connectivity index (χ2v) is 4.46. The number of carbonyl (C=O) groups excluding carboxylic acids is 1. The maximum absolute atomic E-state index is 11.7. The number of nitrogens with two attached hydrogens (primary N) is 1. The van der Waals surface area contributed by atoms with Crippen LogP contribution in [0.5, 0.6) is 0 Å². The molecule has 4 heteroatoms. The van der Waals surface area contributed by atoms with Crippen molar-refractivity contribution in [2.75, 3.05) is 19.6 Å². The maximum Gasteiger partial charge on any atom is 0.226 e. The van der Waals surface area contributed by atoms with E-state index in [0.717, 1.165) is 0 Å². The number of piperidine rings is 1. The molecule has 1 unspecified atom stereocenters. The van der Waals surface area contributed by atoms with E-state index < -0.39 is 5.60 Å². The third-order valence-electron chi connectivity index (χ3n) is 2.93. The summed E-state index contributed by atoms with van der Waals surface area (Å²) < 4.78 is 0. The first-order chi connectivity index (χ1) is 6.46. The van der Waals surface area contributed by atoms with Crippen molar-refractivity contribution in [1.29, 1.82) is 0 Å². The molecule has 0 aromatic carbocycles. The van der Waals surface area contributed by atoms with Gasteiger partial charge < -0.3 is 15.7 Å². The van der Waals surface area contributed by atoms with Gasteiger partial charge in [-0.25, -0.2) is 0 Å². The number of hydrogen-bond acceptors (Lipinski definition) is 3. The summed E-state index contributed by atoms with van der Waals surface area (Å²) in [5.74, 6) is 0.0149. The van der Waals surface area contributed by atoms with Crippen molar-refractivity contribution in [2.45, 2.75) is 32.3 Å². The molecule has 0 bridgehead atoms. The summed E-state index contributed by atoms with van der Waals surface area (Å²) in [7, 11) is 0. The van der Waals surface area contributed by atoms with Crippen LogP contribution < -0.4 is 5.73 Å². The minimum atomic E-state index is -0.595. The Kier molecular flexibility index (Phi) is 3.50. The van der Waals surface area contributed by atoms with E-state index in [1.54, 1.807) is 4.90 Å². The highest BCUT2D eigenvalue weighted by molar-refractivity contribution is 5.78. The van der Waals surface area contributed by atoms with Gasteiger partial charge in [0.05, 0.1) is 5.60 Å².